The summed E-state index contributed by atoms with van der Waals surface area (Å²) in [5.74, 6) is -0.227. The number of urea groups is 1. The Balaban J connectivity index is 2.39. The van der Waals surface area contributed by atoms with Crippen molar-refractivity contribution < 1.29 is 14.7 Å². The quantitative estimate of drug-likeness (QED) is 0.663. The van der Waals surface area contributed by atoms with E-state index >= 15 is 0 Å². The third-order valence-corrected chi connectivity index (χ3v) is 4.23. The van der Waals surface area contributed by atoms with Gasteiger partial charge in [0.2, 0.25) is 0 Å². The van der Waals surface area contributed by atoms with Crippen LogP contribution in [0.15, 0.2) is 0 Å². The molecule has 1 aliphatic carbocycles. The number of nitrogens with one attached hydrogen (secondary N) is 2. The van der Waals surface area contributed by atoms with Gasteiger partial charge in [-0.3, -0.25) is 4.79 Å². The van der Waals surface area contributed by atoms with Crippen LogP contribution in [-0.4, -0.2) is 29.7 Å². The Labute approximate surface area is 115 Å². The molecule has 0 heterocycles. The molecule has 5 nitrogen and oxygen atoms in total. The number of rotatable bonds is 7. The minimum absolute atomic E-state index is 0.0413. The Morgan fingerprint density at radius 3 is 2.16 bits per heavy atom. The lowest BCUT2D eigenvalue weighted by molar-refractivity contribution is -0.137. The van der Waals surface area contributed by atoms with Crippen LogP contribution in [0.25, 0.3) is 0 Å². The molecule has 0 aromatic carbocycles. The zero-order valence-corrected chi connectivity index (χ0v) is 12.3. The van der Waals surface area contributed by atoms with Crippen molar-refractivity contribution in [3.05, 3.63) is 0 Å². The highest BCUT2D eigenvalue weighted by Crippen LogP contribution is 2.51. The molecule has 1 aliphatic rings. The van der Waals surface area contributed by atoms with Crippen LogP contribution in [0.5, 0.6) is 0 Å². The highest BCUT2D eigenvalue weighted by atomic mass is 16.4. The van der Waals surface area contributed by atoms with Gasteiger partial charge >= 0.3 is 12.0 Å². The van der Waals surface area contributed by atoms with Crippen molar-refractivity contribution >= 4 is 12.0 Å². The molecule has 0 saturated heterocycles. The van der Waals surface area contributed by atoms with Gasteiger partial charge in [-0.2, -0.15) is 0 Å². The summed E-state index contributed by atoms with van der Waals surface area (Å²) in [6.07, 6.45) is 2.28. The zero-order valence-electron chi connectivity index (χ0n) is 12.3. The van der Waals surface area contributed by atoms with Crippen LogP contribution in [0.4, 0.5) is 4.79 Å². The smallest absolute Gasteiger partial charge is 0.315 e. The highest BCUT2D eigenvalue weighted by Gasteiger charge is 2.45. The Hall–Kier alpha value is -1.26. The molecule has 0 radical (unpaired) electrons. The first-order valence-electron chi connectivity index (χ1n) is 7.03. The van der Waals surface area contributed by atoms with Crippen LogP contribution >= 0.6 is 0 Å². The van der Waals surface area contributed by atoms with E-state index in [1.54, 1.807) is 0 Å². The molecule has 1 fully saturated rings. The fourth-order valence-electron chi connectivity index (χ4n) is 2.24. The van der Waals surface area contributed by atoms with E-state index in [0.717, 1.165) is 12.8 Å². The van der Waals surface area contributed by atoms with E-state index in [-0.39, 0.29) is 29.8 Å². The zero-order chi connectivity index (χ0) is 14.6. The second-order valence-corrected chi connectivity index (χ2v) is 6.29. The van der Waals surface area contributed by atoms with Crippen LogP contribution in [-0.2, 0) is 4.79 Å². The van der Waals surface area contributed by atoms with Crippen molar-refractivity contribution in [2.75, 3.05) is 6.54 Å². The summed E-state index contributed by atoms with van der Waals surface area (Å²) in [6.45, 7) is 8.84. The minimum Gasteiger partial charge on any atom is -0.481 e. The van der Waals surface area contributed by atoms with Crippen LogP contribution in [0.1, 0.15) is 47.0 Å². The van der Waals surface area contributed by atoms with Crippen molar-refractivity contribution in [2.45, 2.75) is 53.0 Å². The first kappa shape index (κ1) is 15.8. The first-order chi connectivity index (χ1) is 8.77. The summed E-state index contributed by atoms with van der Waals surface area (Å²) >= 11 is 0. The topological polar surface area (TPSA) is 78.4 Å². The van der Waals surface area contributed by atoms with Crippen molar-refractivity contribution in [2.24, 2.45) is 17.3 Å². The highest BCUT2D eigenvalue weighted by molar-refractivity contribution is 5.75. The van der Waals surface area contributed by atoms with Crippen LogP contribution in [0, 0.1) is 17.3 Å². The van der Waals surface area contributed by atoms with Gasteiger partial charge in [0.15, 0.2) is 0 Å². The molecule has 3 N–H and O–H groups in total. The molecule has 0 aromatic rings. The lowest BCUT2D eigenvalue weighted by Crippen LogP contribution is -2.47. The van der Waals surface area contributed by atoms with E-state index in [0.29, 0.717) is 12.5 Å². The average molecular weight is 270 g/mol. The molecule has 0 bridgehead atoms. The van der Waals surface area contributed by atoms with Gasteiger partial charge in [-0.05, 0) is 30.1 Å². The van der Waals surface area contributed by atoms with Crippen molar-refractivity contribution in [1.82, 2.24) is 10.6 Å². The SMILES string of the molecule is CC(C)C(CC(=O)O)NC(=O)NCC1(C(C)C)CC1. The van der Waals surface area contributed by atoms with Crippen molar-refractivity contribution in [3.8, 4) is 0 Å². The number of aliphatic carboxylic acids is 1. The average Bonchev–Trinajstić information content (AvgIpc) is 3.05. The van der Waals surface area contributed by atoms with E-state index in [1.807, 2.05) is 13.8 Å². The molecule has 0 aliphatic heterocycles. The third-order valence-electron chi connectivity index (χ3n) is 4.23. The molecule has 110 valence electrons. The normalized spacial score (nSPS) is 18.2. The Kier molecular flexibility index (Phi) is 5.20. The van der Waals surface area contributed by atoms with E-state index < -0.39 is 5.97 Å². The lowest BCUT2D eigenvalue weighted by atomic mass is 9.92. The Morgan fingerprint density at radius 2 is 1.79 bits per heavy atom. The summed E-state index contributed by atoms with van der Waals surface area (Å²) < 4.78 is 0. The molecule has 0 aromatic heterocycles. The Morgan fingerprint density at radius 1 is 1.21 bits per heavy atom. The van der Waals surface area contributed by atoms with Gasteiger partial charge in [-0.1, -0.05) is 27.7 Å². The second kappa shape index (κ2) is 6.26. The Bertz CT molecular complexity index is 336. The molecule has 0 spiro atoms. The number of carboxylic acids is 1. The number of carbonyl (C=O) groups excluding carboxylic acids is 1. The maximum absolute atomic E-state index is 11.8. The summed E-state index contributed by atoms with van der Waals surface area (Å²) in [4.78, 5) is 22.6. The van der Waals surface area contributed by atoms with Gasteiger partial charge in [-0.25, -0.2) is 4.79 Å². The number of carbonyl (C=O) groups is 2. The van der Waals surface area contributed by atoms with Gasteiger partial charge in [0, 0.05) is 12.6 Å². The van der Waals surface area contributed by atoms with E-state index in [2.05, 4.69) is 24.5 Å². The van der Waals surface area contributed by atoms with E-state index in [4.69, 9.17) is 5.11 Å². The predicted molar refractivity (Wildman–Crippen MR) is 73.9 cm³/mol. The monoisotopic (exact) mass is 270 g/mol. The summed E-state index contributed by atoms with van der Waals surface area (Å²) in [5.41, 5.74) is 0.261. The molecular weight excluding hydrogens is 244 g/mol. The summed E-state index contributed by atoms with van der Waals surface area (Å²) in [6, 6.07) is -0.585. The second-order valence-electron chi connectivity index (χ2n) is 6.29. The van der Waals surface area contributed by atoms with Crippen LogP contribution in [0.2, 0.25) is 0 Å². The van der Waals surface area contributed by atoms with Gasteiger partial charge < -0.3 is 15.7 Å². The summed E-state index contributed by atoms with van der Waals surface area (Å²) in [5, 5.41) is 14.5. The van der Waals surface area contributed by atoms with Crippen molar-refractivity contribution in [3.63, 3.8) is 0 Å². The molecule has 1 unspecified atom stereocenters. The molecule has 19 heavy (non-hydrogen) atoms. The molecule has 1 saturated carbocycles. The molecule has 1 rings (SSSR count). The molecule has 2 amide bonds. The molecule has 1 atom stereocenters. The van der Waals surface area contributed by atoms with E-state index in [9.17, 15) is 9.59 Å². The fraction of sp³-hybridized carbons (Fsp3) is 0.857. The third kappa shape index (κ3) is 4.73. The molecular formula is C14H26N2O3. The van der Waals surface area contributed by atoms with Gasteiger partial charge in [0.25, 0.3) is 0 Å². The van der Waals surface area contributed by atoms with Gasteiger partial charge in [-0.15, -0.1) is 0 Å². The standard InChI is InChI=1S/C14H26N2O3/c1-9(2)11(7-12(17)18)16-13(19)15-8-14(5-6-14)10(3)4/h9-11H,5-8H2,1-4H3,(H,17,18)(H2,15,16,19). The maximum Gasteiger partial charge on any atom is 0.315 e. The summed E-state index contributed by atoms with van der Waals surface area (Å²) in [7, 11) is 0. The maximum atomic E-state index is 11.8. The first-order valence-corrected chi connectivity index (χ1v) is 7.03. The number of carboxylic acid groups (broad SMARTS) is 1. The van der Waals surface area contributed by atoms with E-state index in [1.165, 1.54) is 0 Å². The largest absolute Gasteiger partial charge is 0.481 e. The lowest BCUT2D eigenvalue weighted by Gasteiger charge is -2.23. The van der Waals surface area contributed by atoms with Gasteiger partial charge in [0.1, 0.15) is 0 Å². The number of hydrogen-bond donors (Lipinski definition) is 3. The molecule has 5 heteroatoms. The fourth-order valence-corrected chi connectivity index (χ4v) is 2.24. The number of amides is 2. The van der Waals surface area contributed by atoms with Crippen LogP contribution < -0.4 is 10.6 Å². The minimum atomic E-state index is -0.889. The van der Waals surface area contributed by atoms with Crippen molar-refractivity contribution in [1.29, 1.82) is 0 Å². The van der Waals surface area contributed by atoms with Gasteiger partial charge in [0.05, 0.1) is 6.42 Å². The van der Waals surface area contributed by atoms with Crippen LogP contribution in [0.3, 0.4) is 0 Å². The predicted octanol–water partition coefficient (Wildman–Crippen LogP) is 2.22. The number of hydrogen-bond acceptors (Lipinski definition) is 2.